The largest absolute Gasteiger partial charge is 0.396 e. The summed E-state index contributed by atoms with van der Waals surface area (Å²) in [4.78, 5) is -0.129. The highest BCUT2D eigenvalue weighted by molar-refractivity contribution is 7.91. The summed E-state index contributed by atoms with van der Waals surface area (Å²) in [7, 11) is -7.05. The smallest absolute Gasteiger partial charge is 0.243 e. The summed E-state index contributed by atoms with van der Waals surface area (Å²) in [6, 6.07) is 3.15. The Hall–Kier alpha value is -1.19. The van der Waals surface area contributed by atoms with E-state index in [0.29, 0.717) is 0 Å². The molecule has 112 valence electrons. The van der Waals surface area contributed by atoms with Gasteiger partial charge in [-0.25, -0.2) is 21.2 Å². The number of sulfone groups is 1. The zero-order valence-corrected chi connectivity index (χ0v) is 12.3. The van der Waals surface area contributed by atoms with Crippen molar-refractivity contribution in [3.63, 3.8) is 0 Å². The van der Waals surface area contributed by atoms with Crippen LogP contribution in [0.5, 0.6) is 0 Å². The number of nitrogen functional groups attached to an aromatic ring is 1. The average molecular weight is 322 g/mol. The first-order chi connectivity index (χ1) is 9.22. The Morgan fingerprint density at radius 1 is 1.20 bits per heavy atom. The number of benzene rings is 1. The van der Waals surface area contributed by atoms with Gasteiger partial charge in [0.2, 0.25) is 10.0 Å². The molecule has 2 rings (SSSR count). The molecule has 0 aliphatic carbocycles. The summed E-state index contributed by atoms with van der Waals surface area (Å²) in [5.74, 6) is -0.921. The maximum absolute atomic E-state index is 13.1. The highest BCUT2D eigenvalue weighted by Gasteiger charge is 2.29. The van der Waals surface area contributed by atoms with E-state index in [1.165, 1.54) is 0 Å². The monoisotopic (exact) mass is 322 g/mol. The van der Waals surface area contributed by atoms with Crippen molar-refractivity contribution in [2.45, 2.75) is 11.3 Å². The number of nitrogens with zero attached hydrogens (tertiary/aromatic N) is 1. The lowest BCUT2D eigenvalue weighted by molar-refractivity contribution is 0.434. The van der Waals surface area contributed by atoms with Gasteiger partial charge in [-0.1, -0.05) is 0 Å². The molecule has 1 aliphatic rings. The SMILES string of the molecule is Nc1cc(S(=O)(=O)N2CCCS(=O)(=O)CC2)ccc1F. The lowest BCUT2D eigenvalue weighted by atomic mass is 10.3. The molecule has 0 bridgehead atoms. The van der Waals surface area contributed by atoms with Crippen LogP contribution >= 0.6 is 0 Å². The summed E-state index contributed by atoms with van der Waals surface area (Å²) in [5, 5.41) is 0. The van der Waals surface area contributed by atoms with E-state index < -0.39 is 25.7 Å². The number of anilines is 1. The summed E-state index contributed by atoms with van der Waals surface area (Å²) < 4.78 is 61.9. The molecule has 9 heteroatoms. The number of sulfonamides is 1. The van der Waals surface area contributed by atoms with Crippen molar-refractivity contribution in [2.24, 2.45) is 0 Å². The molecular weight excluding hydrogens is 307 g/mol. The topological polar surface area (TPSA) is 97.5 Å². The van der Waals surface area contributed by atoms with E-state index in [2.05, 4.69) is 0 Å². The fraction of sp³-hybridized carbons (Fsp3) is 0.455. The third-order valence-corrected chi connectivity index (χ3v) is 6.73. The Balaban J connectivity index is 2.32. The first-order valence-electron chi connectivity index (χ1n) is 5.98. The minimum atomic E-state index is -3.85. The molecule has 0 saturated carbocycles. The number of hydrogen-bond donors (Lipinski definition) is 1. The van der Waals surface area contributed by atoms with Gasteiger partial charge in [0.15, 0.2) is 9.84 Å². The van der Waals surface area contributed by atoms with E-state index in [0.717, 1.165) is 22.5 Å². The van der Waals surface area contributed by atoms with Crippen LogP contribution in [0.25, 0.3) is 0 Å². The van der Waals surface area contributed by atoms with Gasteiger partial charge in [-0.15, -0.1) is 0 Å². The molecule has 0 atom stereocenters. The molecule has 0 radical (unpaired) electrons. The van der Waals surface area contributed by atoms with Crippen molar-refractivity contribution < 1.29 is 21.2 Å². The van der Waals surface area contributed by atoms with Crippen LogP contribution in [0, 0.1) is 5.82 Å². The molecule has 0 unspecified atom stereocenters. The fourth-order valence-electron chi connectivity index (χ4n) is 1.99. The van der Waals surface area contributed by atoms with Crippen molar-refractivity contribution >= 4 is 25.5 Å². The van der Waals surface area contributed by atoms with Gasteiger partial charge >= 0.3 is 0 Å². The van der Waals surface area contributed by atoms with Gasteiger partial charge in [0.1, 0.15) is 5.82 Å². The molecule has 1 aromatic rings. The number of hydrogen-bond acceptors (Lipinski definition) is 5. The summed E-state index contributed by atoms with van der Waals surface area (Å²) >= 11 is 0. The molecule has 0 aromatic heterocycles. The Labute approximate surface area is 117 Å². The molecule has 1 saturated heterocycles. The van der Waals surface area contributed by atoms with Crippen LogP contribution in [0.3, 0.4) is 0 Å². The number of halogens is 1. The predicted octanol–water partition coefficient (Wildman–Crippen LogP) is 0.217. The maximum atomic E-state index is 13.1. The van der Waals surface area contributed by atoms with Gasteiger partial charge in [0.25, 0.3) is 0 Å². The third-order valence-electron chi connectivity index (χ3n) is 3.12. The first kappa shape index (κ1) is 15.2. The zero-order chi connectivity index (χ0) is 15.0. The summed E-state index contributed by atoms with van der Waals surface area (Å²) in [6.07, 6.45) is 0.248. The zero-order valence-electron chi connectivity index (χ0n) is 10.6. The summed E-state index contributed by atoms with van der Waals surface area (Å²) in [6.45, 7) is 0.0286. The molecule has 20 heavy (non-hydrogen) atoms. The second-order valence-electron chi connectivity index (χ2n) is 4.59. The molecule has 0 amide bonds. The van der Waals surface area contributed by atoms with Gasteiger partial charge in [0.05, 0.1) is 22.1 Å². The van der Waals surface area contributed by atoms with E-state index in [1.807, 2.05) is 0 Å². The second kappa shape index (κ2) is 5.30. The lowest BCUT2D eigenvalue weighted by Crippen LogP contribution is -2.33. The van der Waals surface area contributed by atoms with Crippen LogP contribution in [-0.4, -0.2) is 45.7 Å². The molecule has 0 spiro atoms. The molecule has 6 nitrogen and oxygen atoms in total. The summed E-state index contributed by atoms with van der Waals surface area (Å²) in [5.41, 5.74) is 5.11. The van der Waals surface area contributed by atoms with Crippen molar-refractivity contribution in [1.82, 2.24) is 4.31 Å². The van der Waals surface area contributed by atoms with Crippen LogP contribution in [0.1, 0.15) is 6.42 Å². The van der Waals surface area contributed by atoms with E-state index in [1.54, 1.807) is 0 Å². The van der Waals surface area contributed by atoms with Gasteiger partial charge in [-0.2, -0.15) is 4.31 Å². The van der Waals surface area contributed by atoms with Crippen LogP contribution in [-0.2, 0) is 19.9 Å². The van der Waals surface area contributed by atoms with Crippen molar-refractivity contribution in [3.8, 4) is 0 Å². The highest BCUT2D eigenvalue weighted by Crippen LogP contribution is 2.21. The maximum Gasteiger partial charge on any atom is 0.243 e. The van der Waals surface area contributed by atoms with Crippen LogP contribution in [0.15, 0.2) is 23.1 Å². The standard InChI is InChI=1S/C11H15FN2O4S2/c12-10-3-2-9(8-11(10)13)20(17,18)14-4-1-6-19(15,16)7-5-14/h2-3,8H,1,4-7,13H2. The quantitative estimate of drug-likeness (QED) is 0.785. The normalized spacial score (nSPS) is 20.4. The van der Waals surface area contributed by atoms with Crippen molar-refractivity contribution in [3.05, 3.63) is 24.0 Å². The van der Waals surface area contributed by atoms with E-state index in [-0.39, 0.29) is 41.6 Å². The Bertz CT molecular complexity index is 716. The van der Waals surface area contributed by atoms with Gasteiger partial charge in [0, 0.05) is 13.1 Å². The lowest BCUT2D eigenvalue weighted by Gasteiger charge is -2.19. The van der Waals surface area contributed by atoms with Gasteiger partial charge in [-0.05, 0) is 24.6 Å². The molecular formula is C11H15FN2O4S2. The highest BCUT2D eigenvalue weighted by atomic mass is 32.2. The Morgan fingerprint density at radius 2 is 1.90 bits per heavy atom. The van der Waals surface area contributed by atoms with Crippen LogP contribution < -0.4 is 5.73 Å². The molecule has 1 fully saturated rings. The fourth-order valence-corrected chi connectivity index (χ4v) is 4.89. The first-order valence-corrected chi connectivity index (χ1v) is 9.24. The van der Waals surface area contributed by atoms with Crippen molar-refractivity contribution in [2.75, 3.05) is 30.3 Å². The van der Waals surface area contributed by atoms with Crippen LogP contribution in [0.4, 0.5) is 10.1 Å². The molecule has 1 aromatic carbocycles. The van der Waals surface area contributed by atoms with E-state index in [4.69, 9.17) is 5.73 Å². The average Bonchev–Trinajstić information content (AvgIpc) is 2.54. The van der Waals surface area contributed by atoms with E-state index in [9.17, 15) is 21.2 Å². The van der Waals surface area contributed by atoms with E-state index >= 15 is 0 Å². The minimum Gasteiger partial charge on any atom is -0.396 e. The van der Waals surface area contributed by atoms with Crippen LogP contribution in [0.2, 0.25) is 0 Å². The Kier molecular flexibility index (Phi) is 4.03. The Morgan fingerprint density at radius 3 is 2.55 bits per heavy atom. The van der Waals surface area contributed by atoms with Gasteiger partial charge in [-0.3, -0.25) is 0 Å². The number of nitrogens with two attached hydrogens (primary N) is 1. The molecule has 1 aliphatic heterocycles. The van der Waals surface area contributed by atoms with Crippen molar-refractivity contribution in [1.29, 1.82) is 0 Å². The number of rotatable bonds is 2. The predicted molar refractivity (Wildman–Crippen MR) is 72.8 cm³/mol. The molecule has 2 N–H and O–H groups in total. The molecule has 1 heterocycles. The minimum absolute atomic E-state index is 0.0232. The second-order valence-corrected chi connectivity index (χ2v) is 8.83. The van der Waals surface area contributed by atoms with Gasteiger partial charge < -0.3 is 5.73 Å². The third kappa shape index (κ3) is 3.10.